The lowest BCUT2D eigenvalue weighted by Gasteiger charge is -2.24. The maximum Gasteiger partial charge on any atom is 0.416 e. The normalized spacial score (nSPS) is 11.8. The van der Waals surface area contributed by atoms with Crippen LogP contribution in [0.5, 0.6) is 0 Å². The van der Waals surface area contributed by atoms with Crippen molar-refractivity contribution in [3.63, 3.8) is 0 Å². The molecule has 0 saturated carbocycles. The van der Waals surface area contributed by atoms with Crippen LogP contribution in [0.2, 0.25) is 5.02 Å². The standard InChI is InChI=1S/C21H17ClF3N3O3S/c1-14-4-7-16(8-5-14)28(32(30,31)17-3-2-10-26-12-17)13-20(29)27-19-11-15(21(23,24)25)6-9-18(19)22/h2-12H,13H2,1H3,(H,27,29). The van der Waals surface area contributed by atoms with Gasteiger partial charge in [-0.1, -0.05) is 29.3 Å². The molecule has 0 aliphatic rings. The highest BCUT2D eigenvalue weighted by atomic mass is 35.5. The van der Waals surface area contributed by atoms with Gasteiger partial charge in [0.15, 0.2) is 0 Å². The maximum atomic E-state index is 13.2. The number of rotatable bonds is 6. The summed E-state index contributed by atoms with van der Waals surface area (Å²) in [6.45, 7) is 1.11. The lowest BCUT2D eigenvalue weighted by molar-refractivity contribution is -0.137. The van der Waals surface area contributed by atoms with Gasteiger partial charge in [-0.15, -0.1) is 0 Å². The fourth-order valence-corrected chi connectivity index (χ4v) is 4.32. The molecule has 0 radical (unpaired) electrons. The highest BCUT2D eigenvalue weighted by molar-refractivity contribution is 7.92. The van der Waals surface area contributed by atoms with Crippen molar-refractivity contribution in [1.29, 1.82) is 0 Å². The molecule has 0 atom stereocenters. The van der Waals surface area contributed by atoms with Crippen LogP contribution in [0.15, 0.2) is 71.9 Å². The maximum absolute atomic E-state index is 13.2. The average Bonchev–Trinajstić information content (AvgIpc) is 2.74. The van der Waals surface area contributed by atoms with Gasteiger partial charge in [0.1, 0.15) is 11.4 Å². The molecular formula is C21H17ClF3N3O3S. The molecule has 1 aromatic heterocycles. The van der Waals surface area contributed by atoms with Gasteiger partial charge in [-0.3, -0.25) is 14.1 Å². The highest BCUT2D eigenvalue weighted by Crippen LogP contribution is 2.34. The van der Waals surface area contributed by atoms with E-state index in [-0.39, 0.29) is 21.3 Å². The van der Waals surface area contributed by atoms with Gasteiger partial charge in [-0.25, -0.2) is 8.42 Å². The zero-order valence-corrected chi connectivity index (χ0v) is 18.2. The van der Waals surface area contributed by atoms with E-state index in [0.717, 1.165) is 28.2 Å². The summed E-state index contributed by atoms with van der Waals surface area (Å²) in [5, 5.41) is 2.14. The van der Waals surface area contributed by atoms with Crippen LogP contribution in [0.4, 0.5) is 24.5 Å². The lowest BCUT2D eigenvalue weighted by Crippen LogP contribution is -2.38. The summed E-state index contributed by atoms with van der Waals surface area (Å²) in [5.41, 5.74) is -0.220. The Hall–Kier alpha value is -3.11. The molecule has 11 heteroatoms. The fraction of sp³-hybridized carbons (Fsp3) is 0.143. The third kappa shape index (κ3) is 5.38. The van der Waals surface area contributed by atoms with Crippen molar-refractivity contribution in [1.82, 2.24) is 4.98 Å². The number of pyridine rings is 1. The van der Waals surface area contributed by atoms with Crippen molar-refractivity contribution in [2.45, 2.75) is 18.0 Å². The number of amides is 1. The summed E-state index contributed by atoms with van der Waals surface area (Å²) in [6, 6.07) is 11.6. The molecule has 1 N–H and O–H groups in total. The summed E-state index contributed by atoms with van der Waals surface area (Å²) in [4.78, 5) is 16.3. The van der Waals surface area contributed by atoms with Gasteiger partial charge in [0.25, 0.3) is 10.0 Å². The quantitative estimate of drug-likeness (QED) is 0.541. The van der Waals surface area contributed by atoms with E-state index in [4.69, 9.17) is 11.6 Å². The lowest BCUT2D eigenvalue weighted by atomic mass is 10.2. The molecule has 6 nitrogen and oxygen atoms in total. The van der Waals surface area contributed by atoms with Crippen molar-refractivity contribution in [3.05, 3.63) is 83.1 Å². The van der Waals surface area contributed by atoms with Crippen LogP contribution in [-0.2, 0) is 21.0 Å². The van der Waals surface area contributed by atoms with Crippen LogP contribution in [0.25, 0.3) is 0 Å². The van der Waals surface area contributed by atoms with E-state index >= 15 is 0 Å². The number of nitrogens with zero attached hydrogens (tertiary/aromatic N) is 2. The van der Waals surface area contributed by atoms with Crippen LogP contribution in [-0.4, -0.2) is 25.9 Å². The topological polar surface area (TPSA) is 79.4 Å². The number of anilines is 2. The summed E-state index contributed by atoms with van der Waals surface area (Å²) in [7, 11) is -4.20. The number of nitrogens with one attached hydrogen (secondary N) is 1. The first-order valence-electron chi connectivity index (χ1n) is 9.14. The molecule has 0 unspecified atom stereocenters. The first kappa shape index (κ1) is 23.6. The van der Waals surface area contributed by atoms with E-state index in [1.165, 1.54) is 30.5 Å². The minimum atomic E-state index is -4.64. The first-order chi connectivity index (χ1) is 15.0. The Morgan fingerprint density at radius 1 is 1.12 bits per heavy atom. The van der Waals surface area contributed by atoms with Gasteiger partial charge in [-0.05, 0) is 49.4 Å². The molecule has 0 saturated heterocycles. The van der Waals surface area contributed by atoms with E-state index in [2.05, 4.69) is 10.3 Å². The summed E-state index contributed by atoms with van der Waals surface area (Å²) >= 11 is 5.92. The number of hydrogen-bond acceptors (Lipinski definition) is 4. The number of hydrogen-bond donors (Lipinski definition) is 1. The molecule has 3 aromatic rings. The molecule has 1 amide bonds. The molecule has 0 spiro atoms. The number of alkyl halides is 3. The summed E-state index contributed by atoms with van der Waals surface area (Å²) in [6.07, 6.45) is -2.10. The number of aryl methyl sites for hydroxylation is 1. The van der Waals surface area contributed by atoms with E-state index in [9.17, 15) is 26.4 Å². The van der Waals surface area contributed by atoms with E-state index in [1.807, 2.05) is 6.92 Å². The number of halogens is 4. The third-order valence-corrected chi connectivity index (χ3v) is 6.49. The van der Waals surface area contributed by atoms with E-state index in [1.54, 1.807) is 12.1 Å². The molecule has 0 bridgehead atoms. The smallest absolute Gasteiger partial charge is 0.323 e. The Morgan fingerprint density at radius 2 is 1.81 bits per heavy atom. The van der Waals surface area contributed by atoms with Gasteiger partial charge in [0.2, 0.25) is 5.91 Å². The number of sulfonamides is 1. The van der Waals surface area contributed by atoms with Gasteiger partial charge < -0.3 is 5.32 Å². The molecule has 0 fully saturated rings. The Kier molecular flexibility index (Phi) is 6.75. The van der Waals surface area contributed by atoms with Crippen LogP contribution >= 0.6 is 11.6 Å². The number of carbonyl (C=O) groups excluding carboxylic acids is 1. The molecule has 32 heavy (non-hydrogen) atoms. The van der Waals surface area contributed by atoms with Crippen molar-refractivity contribution in [3.8, 4) is 0 Å². The Balaban J connectivity index is 1.94. The van der Waals surface area contributed by atoms with Crippen molar-refractivity contribution in [2.24, 2.45) is 0 Å². The van der Waals surface area contributed by atoms with Gasteiger partial charge in [-0.2, -0.15) is 13.2 Å². The molecule has 0 aliphatic heterocycles. The van der Waals surface area contributed by atoms with Crippen molar-refractivity contribution in [2.75, 3.05) is 16.2 Å². The van der Waals surface area contributed by atoms with Crippen molar-refractivity contribution >= 4 is 38.9 Å². The largest absolute Gasteiger partial charge is 0.416 e. The predicted octanol–water partition coefficient (Wildman–Crippen LogP) is 4.90. The van der Waals surface area contributed by atoms with Crippen LogP contribution in [0.1, 0.15) is 11.1 Å². The zero-order valence-electron chi connectivity index (χ0n) is 16.6. The second-order valence-electron chi connectivity index (χ2n) is 6.78. The molecular weight excluding hydrogens is 467 g/mol. The minimum absolute atomic E-state index is 0.122. The first-order valence-corrected chi connectivity index (χ1v) is 11.0. The van der Waals surface area contributed by atoms with Crippen molar-refractivity contribution < 1.29 is 26.4 Å². The van der Waals surface area contributed by atoms with Crippen LogP contribution in [0.3, 0.4) is 0 Å². The van der Waals surface area contributed by atoms with Gasteiger partial charge in [0, 0.05) is 12.4 Å². The number of benzene rings is 2. The predicted molar refractivity (Wildman–Crippen MR) is 115 cm³/mol. The van der Waals surface area contributed by atoms with Gasteiger partial charge >= 0.3 is 6.18 Å². The third-order valence-electron chi connectivity index (χ3n) is 4.40. The number of carbonyl (C=O) groups is 1. The molecule has 2 aromatic carbocycles. The second kappa shape index (κ2) is 9.17. The minimum Gasteiger partial charge on any atom is -0.323 e. The van der Waals surface area contributed by atoms with Crippen LogP contribution in [0, 0.1) is 6.92 Å². The SMILES string of the molecule is Cc1ccc(N(CC(=O)Nc2cc(C(F)(F)F)ccc2Cl)S(=O)(=O)c2cccnc2)cc1. The molecule has 3 rings (SSSR count). The zero-order chi connectivity index (χ0) is 23.5. The van der Waals surface area contributed by atoms with E-state index in [0.29, 0.717) is 6.07 Å². The Bertz CT molecular complexity index is 1220. The highest BCUT2D eigenvalue weighted by Gasteiger charge is 2.32. The number of aromatic nitrogens is 1. The summed E-state index contributed by atoms with van der Waals surface area (Å²) < 4.78 is 66.2. The monoisotopic (exact) mass is 483 g/mol. The Labute approximate surface area is 187 Å². The van der Waals surface area contributed by atoms with Gasteiger partial charge in [0.05, 0.1) is 22.0 Å². The molecule has 1 heterocycles. The summed E-state index contributed by atoms with van der Waals surface area (Å²) in [5.74, 6) is -0.876. The Morgan fingerprint density at radius 3 is 2.41 bits per heavy atom. The second-order valence-corrected chi connectivity index (χ2v) is 9.05. The van der Waals surface area contributed by atoms with Crippen LogP contribution < -0.4 is 9.62 Å². The fourth-order valence-electron chi connectivity index (χ4n) is 2.77. The van der Waals surface area contributed by atoms with E-state index < -0.39 is 34.2 Å². The molecule has 168 valence electrons. The average molecular weight is 484 g/mol. The molecule has 0 aliphatic carbocycles.